The van der Waals surface area contributed by atoms with Gasteiger partial charge in [-0.05, 0) is 68.6 Å². The third kappa shape index (κ3) is 6.65. The molecule has 3 aliphatic heterocycles. The Kier molecular flexibility index (Phi) is 10.4. The number of carbonyl (C=O) groups excluding carboxylic acids is 4. The van der Waals surface area contributed by atoms with Gasteiger partial charge in [0.05, 0.1) is 38.0 Å². The van der Waals surface area contributed by atoms with Gasteiger partial charge in [0.15, 0.2) is 5.60 Å². The lowest BCUT2D eigenvalue weighted by atomic mass is 9.82. The van der Waals surface area contributed by atoms with Crippen molar-refractivity contribution in [3.63, 3.8) is 0 Å². The van der Waals surface area contributed by atoms with Crippen LogP contribution >= 0.6 is 0 Å². The van der Waals surface area contributed by atoms with Crippen molar-refractivity contribution in [1.29, 1.82) is 0 Å². The van der Waals surface area contributed by atoms with Crippen LogP contribution in [0.4, 0.5) is 15.5 Å². The second kappa shape index (κ2) is 14.1. The van der Waals surface area contributed by atoms with Crippen LogP contribution in [0.15, 0.2) is 42.5 Å². The van der Waals surface area contributed by atoms with Crippen LogP contribution in [0.2, 0.25) is 18.6 Å². The quantitative estimate of drug-likeness (QED) is 0.140. The van der Waals surface area contributed by atoms with E-state index in [9.17, 15) is 29.4 Å². The maximum absolute atomic E-state index is 16.4. The van der Waals surface area contributed by atoms with E-state index in [1.54, 1.807) is 48.0 Å². The molecular formula is C35H46FN3O8Si. The molecule has 48 heavy (non-hydrogen) atoms. The highest BCUT2D eigenvalue weighted by molar-refractivity contribution is 6.72. The summed E-state index contributed by atoms with van der Waals surface area (Å²) in [6.07, 6.45) is -0.722. The summed E-state index contributed by atoms with van der Waals surface area (Å²) in [4.78, 5) is 56.0. The van der Waals surface area contributed by atoms with Gasteiger partial charge in [0.1, 0.15) is 6.10 Å². The molecule has 3 N–H and O–H groups in total. The molecule has 260 valence electrons. The molecule has 0 radical (unpaired) electrons. The van der Waals surface area contributed by atoms with Crippen LogP contribution in [0, 0.1) is 5.92 Å². The molecule has 0 aromatic heterocycles. The number of rotatable bonds is 11. The van der Waals surface area contributed by atoms with Crippen molar-refractivity contribution in [2.75, 3.05) is 30.5 Å². The molecule has 5 rings (SSSR count). The molecule has 0 saturated carbocycles. The number of esters is 1. The Labute approximate surface area is 281 Å². The van der Waals surface area contributed by atoms with Crippen LogP contribution in [0.3, 0.4) is 0 Å². The van der Waals surface area contributed by atoms with E-state index in [-0.39, 0.29) is 43.8 Å². The first kappa shape index (κ1) is 35.6. The lowest BCUT2D eigenvalue weighted by Crippen LogP contribution is -2.48. The molecule has 0 unspecified atom stereocenters. The lowest BCUT2D eigenvalue weighted by molar-refractivity contribution is -0.151. The summed E-state index contributed by atoms with van der Waals surface area (Å²) in [5.41, 5.74) is 1.00. The molecule has 0 aliphatic carbocycles. The van der Waals surface area contributed by atoms with E-state index in [1.807, 2.05) is 24.3 Å². The number of unbranched alkanes of at least 4 members (excludes halogenated alkanes) is 1. The first-order chi connectivity index (χ1) is 22.7. The van der Waals surface area contributed by atoms with Crippen LogP contribution in [0.1, 0.15) is 56.2 Å². The van der Waals surface area contributed by atoms with E-state index in [4.69, 9.17) is 9.47 Å². The summed E-state index contributed by atoms with van der Waals surface area (Å²) in [5.74, 6) is -2.33. The van der Waals surface area contributed by atoms with Crippen molar-refractivity contribution in [3.05, 3.63) is 59.2 Å². The SMILES string of the molecule is COC(=O)CCCCN1C(=O)[C@@]2(O[C@@H](CC(=O)N3Cc4ccccc4C[C@H]3CO)[C@H]([Si](C)(C)F)[C@H]2C)c2cc(NC(=O)[C@H](C)O)ccc21. The fraction of sp³-hybridized carbons (Fsp3) is 0.543. The second-order valence-electron chi connectivity index (χ2n) is 13.7. The van der Waals surface area contributed by atoms with Crippen LogP contribution < -0.4 is 10.2 Å². The number of aliphatic hydroxyl groups excluding tert-OH is 2. The Morgan fingerprint density at radius 3 is 2.52 bits per heavy atom. The minimum absolute atomic E-state index is 0.171. The van der Waals surface area contributed by atoms with E-state index in [1.165, 1.54) is 14.0 Å². The van der Waals surface area contributed by atoms with Crippen LogP contribution in [0.5, 0.6) is 0 Å². The molecule has 1 saturated heterocycles. The normalized spacial score (nSPS) is 25.5. The third-order valence-electron chi connectivity index (χ3n) is 10.1. The molecule has 2 aromatic carbocycles. The summed E-state index contributed by atoms with van der Waals surface area (Å²) in [6, 6.07) is 12.3. The first-order valence-corrected chi connectivity index (χ1v) is 19.5. The monoisotopic (exact) mass is 683 g/mol. The topological polar surface area (TPSA) is 146 Å². The molecular weight excluding hydrogens is 637 g/mol. The Morgan fingerprint density at radius 2 is 1.88 bits per heavy atom. The lowest BCUT2D eigenvalue weighted by Gasteiger charge is -2.37. The molecule has 3 amide bonds. The molecule has 6 atom stereocenters. The second-order valence-corrected chi connectivity index (χ2v) is 17.5. The van der Waals surface area contributed by atoms with Gasteiger partial charge in [-0.1, -0.05) is 31.2 Å². The number of hydrogen-bond donors (Lipinski definition) is 3. The number of aliphatic hydroxyl groups is 2. The predicted molar refractivity (Wildman–Crippen MR) is 179 cm³/mol. The van der Waals surface area contributed by atoms with Crippen molar-refractivity contribution in [3.8, 4) is 0 Å². The predicted octanol–water partition coefficient (Wildman–Crippen LogP) is 3.81. The first-order valence-electron chi connectivity index (χ1n) is 16.6. The van der Waals surface area contributed by atoms with Gasteiger partial charge in [-0.15, -0.1) is 0 Å². The molecule has 11 nitrogen and oxygen atoms in total. The number of nitrogens with one attached hydrogen (secondary N) is 1. The highest BCUT2D eigenvalue weighted by Gasteiger charge is 2.67. The van der Waals surface area contributed by atoms with Gasteiger partial charge in [0.2, 0.25) is 14.3 Å². The number of ether oxygens (including phenoxy) is 2. The molecule has 2 aromatic rings. The molecule has 3 heterocycles. The van der Waals surface area contributed by atoms with Gasteiger partial charge in [-0.25, -0.2) is 0 Å². The Morgan fingerprint density at radius 1 is 1.17 bits per heavy atom. The maximum atomic E-state index is 16.4. The van der Waals surface area contributed by atoms with Crippen molar-refractivity contribution in [2.45, 2.75) is 95.0 Å². The highest BCUT2D eigenvalue weighted by Crippen LogP contribution is 2.60. The molecule has 1 fully saturated rings. The number of anilines is 2. The maximum Gasteiger partial charge on any atom is 0.305 e. The highest BCUT2D eigenvalue weighted by atomic mass is 28.4. The zero-order chi connectivity index (χ0) is 35.0. The minimum Gasteiger partial charge on any atom is -0.469 e. The summed E-state index contributed by atoms with van der Waals surface area (Å²) in [5, 5.41) is 22.7. The molecule has 1 spiro atoms. The van der Waals surface area contributed by atoms with Gasteiger partial charge in [0.25, 0.3) is 11.8 Å². The summed E-state index contributed by atoms with van der Waals surface area (Å²) in [7, 11) is -2.27. The van der Waals surface area contributed by atoms with Gasteiger partial charge < -0.3 is 38.9 Å². The number of methoxy groups -OCH3 is 1. The van der Waals surface area contributed by atoms with Crippen molar-refractivity contribution in [2.24, 2.45) is 5.92 Å². The van der Waals surface area contributed by atoms with E-state index in [2.05, 4.69) is 5.32 Å². The van der Waals surface area contributed by atoms with Crippen LogP contribution in [-0.2, 0) is 47.2 Å². The smallest absolute Gasteiger partial charge is 0.305 e. The zero-order valence-electron chi connectivity index (χ0n) is 28.2. The number of amides is 3. The number of nitrogens with zero attached hydrogens (tertiary/aromatic N) is 2. The number of halogens is 1. The zero-order valence-corrected chi connectivity index (χ0v) is 29.2. The standard InChI is InChI=1S/C35H46FN3O8Si/c1-21-32(48(4,5)36)29(18-30(42)39-19-24-11-7-6-10-23(24)16-26(39)20-40)47-35(21)27-17-25(37-33(44)22(2)41)13-14-28(27)38(34(35)45)15-9-8-12-31(43)46-3/h6-7,10-11,13-14,17,21-22,26,29,32,40-41H,8-9,12,15-16,18-20H2,1-5H3,(H,37,44)/t21-,22+,26+,29+,32-,35+/m1/s1. The fourth-order valence-electron chi connectivity index (χ4n) is 7.77. The average Bonchev–Trinajstić information content (AvgIpc) is 3.47. The van der Waals surface area contributed by atoms with Crippen LogP contribution in [0.25, 0.3) is 0 Å². The van der Waals surface area contributed by atoms with E-state index in [0.717, 1.165) is 11.1 Å². The molecule has 3 aliphatic rings. The Balaban J connectivity index is 1.50. The molecule has 0 bridgehead atoms. The van der Waals surface area contributed by atoms with Gasteiger partial charge in [0, 0.05) is 42.2 Å². The van der Waals surface area contributed by atoms with Crippen molar-refractivity contribution < 1.29 is 43.0 Å². The van der Waals surface area contributed by atoms with E-state index >= 15 is 4.11 Å². The van der Waals surface area contributed by atoms with Crippen LogP contribution in [-0.4, -0.2) is 85.7 Å². The molecule has 13 heteroatoms. The Hall–Kier alpha value is -3.65. The fourth-order valence-corrected chi connectivity index (χ4v) is 10.3. The summed E-state index contributed by atoms with van der Waals surface area (Å²) < 4.78 is 27.9. The number of hydrogen-bond acceptors (Lipinski definition) is 8. The van der Waals surface area contributed by atoms with Gasteiger partial charge in [-0.3, -0.25) is 19.2 Å². The number of benzene rings is 2. The van der Waals surface area contributed by atoms with Gasteiger partial charge >= 0.3 is 5.97 Å². The van der Waals surface area contributed by atoms with Crippen molar-refractivity contribution >= 4 is 43.5 Å². The number of carbonyl (C=O) groups is 4. The minimum atomic E-state index is -3.59. The van der Waals surface area contributed by atoms with E-state index < -0.39 is 49.6 Å². The summed E-state index contributed by atoms with van der Waals surface area (Å²) in [6.45, 7) is 6.60. The third-order valence-corrected chi connectivity index (χ3v) is 12.6. The number of fused-ring (bicyclic) bond motifs is 3. The van der Waals surface area contributed by atoms with Crippen molar-refractivity contribution in [1.82, 2.24) is 4.90 Å². The summed E-state index contributed by atoms with van der Waals surface area (Å²) >= 11 is 0. The average molecular weight is 684 g/mol. The van der Waals surface area contributed by atoms with Gasteiger partial charge in [-0.2, -0.15) is 0 Å². The van der Waals surface area contributed by atoms with E-state index in [0.29, 0.717) is 42.7 Å². The largest absolute Gasteiger partial charge is 0.469 e. The Bertz CT molecular complexity index is 1560.